The molecule has 0 amide bonds. The van der Waals surface area contributed by atoms with Crippen molar-refractivity contribution < 1.29 is 9.90 Å². The molecule has 0 spiro atoms. The summed E-state index contributed by atoms with van der Waals surface area (Å²) in [6.07, 6.45) is 10.7. The quantitative estimate of drug-likeness (QED) is 0.478. The number of aliphatic hydroxyl groups excluding tert-OH is 1. The van der Waals surface area contributed by atoms with E-state index < -0.39 is 0 Å². The van der Waals surface area contributed by atoms with E-state index in [0.29, 0.717) is 17.6 Å². The number of hydrogen-bond acceptors (Lipinski definition) is 4. The number of pyridine rings is 1. The number of aromatic nitrogens is 1. The minimum Gasteiger partial charge on any atom is -0.400 e. The number of aliphatic hydroxyl groups is 1. The Labute approximate surface area is 201 Å². The van der Waals surface area contributed by atoms with Gasteiger partial charge in [0.2, 0.25) is 0 Å². The predicted molar refractivity (Wildman–Crippen MR) is 140 cm³/mol. The first-order valence-electron chi connectivity index (χ1n) is 12.4. The number of carbonyl (C=O) groups excluding carboxylic acids is 1. The zero-order chi connectivity index (χ0) is 24.5. The van der Waals surface area contributed by atoms with Crippen LogP contribution in [0.4, 0.5) is 0 Å². The Kier molecular flexibility index (Phi) is 15.0. The number of rotatable bonds is 9. The van der Waals surface area contributed by atoms with Gasteiger partial charge in [-0.15, -0.1) is 0 Å². The lowest BCUT2D eigenvalue weighted by molar-refractivity contribution is -0.122. The second-order valence-corrected chi connectivity index (χ2v) is 8.68. The van der Waals surface area contributed by atoms with Gasteiger partial charge in [-0.1, -0.05) is 63.6 Å². The molecule has 0 saturated carbocycles. The highest BCUT2D eigenvalue weighted by Gasteiger charge is 2.22. The van der Waals surface area contributed by atoms with E-state index in [2.05, 4.69) is 72.8 Å². The zero-order valence-electron chi connectivity index (χ0n) is 21.2. The van der Waals surface area contributed by atoms with Crippen molar-refractivity contribution in [1.82, 2.24) is 9.88 Å². The maximum atomic E-state index is 11.2. The summed E-state index contributed by atoms with van der Waals surface area (Å²) in [5.74, 6) is 1.32. The molecule has 2 aromatic rings. The summed E-state index contributed by atoms with van der Waals surface area (Å²) in [4.78, 5) is 17.7. The van der Waals surface area contributed by atoms with Crippen LogP contribution in [-0.4, -0.2) is 41.0 Å². The molecular weight excluding hydrogens is 408 g/mol. The topological polar surface area (TPSA) is 53.4 Å². The van der Waals surface area contributed by atoms with Gasteiger partial charge in [0, 0.05) is 32.0 Å². The number of benzene rings is 1. The van der Waals surface area contributed by atoms with Gasteiger partial charge in [0.1, 0.15) is 5.78 Å². The number of hydrogen-bond donors (Lipinski definition) is 1. The number of Topliss-reactive ketones (excluding diaryl/α,β-unsaturated/α-hetero) is 1. The van der Waals surface area contributed by atoms with Gasteiger partial charge in [0.15, 0.2) is 0 Å². The summed E-state index contributed by atoms with van der Waals surface area (Å²) in [7, 11) is 1.00. The molecule has 4 nitrogen and oxygen atoms in total. The summed E-state index contributed by atoms with van der Waals surface area (Å²) in [6, 6.07) is 14.7. The zero-order valence-corrected chi connectivity index (χ0v) is 21.2. The van der Waals surface area contributed by atoms with E-state index in [1.165, 1.54) is 42.4 Å². The molecule has 3 rings (SSSR count). The first-order chi connectivity index (χ1) is 16.0. The fourth-order valence-electron chi connectivity index (χ4n) is 4.32. The maximum Gasteiger partial charge on any atom is 0.133 e. The van der Waals surface area contributed by atoms with Crippen LogP contribution >= 0.6 is 0 Å². The van der Waals surface area contributed by atoms with E-state index in [1.807, 2.05) is 12.4 Å². The molecule has 1 aliphatic rings. The van der Waals surface area contributed by atoms with Crippen LogP contribution in [0.2, 0.25) is 0 Å². The number of carbonyl (C=O) groups is 1. The summed E-state index contributed by atoms with van der Waals surface area (Å²) >= 11 is 0. The van der Waals surface area contributed by atoms with Gasteiger partial charge in [0.05, 0.1) is 0 Å². The Morgan fingerprint density at radius 2 is 1.58 bits per heavy atom. The van der Waals surface area contributed by atoms with E-state index >= 15 is 0 Å². The van der Waals surface area contributed by atoms with E-state index in [9.17, 15) is 4.79 Å². The van der Waals surface area contributed by atoms with Crippen molar-refractivity contribution in [3.8, 4) is 0 Å². The fourth-order valence-corrected chi connectivity index (χ4v) is 4.32. The van der Waals surface area contributed by atoms with Crippen molar-refractivity contribution in [3.05, 3.63) is 72.6 Å². The standard InChI is InChI=1S/C15H22.C13H18N2O.CH4O/c1-4-9-14(10-5-2)13(3)15-11-7-6-8-12-15;1-11(16)13-4-8-15(9-5-13)10-12-2-6-14-7-3-12;1-2/h6-8,11-12,14H,3-5,9-10H2,1-2H3;2-3,6-7,13H,4-5,8-10H2,1H3;2H,1H3. The summed E-state index contributed by atoms with van der Waals surface area (Å²) in [5.41, 5.74) is 3.93. The third kappa shape index (κ3) is 10.9. The molecule has 0 unspecified atom stereocenters. The van der Waals surface area contributed by atoms with E-state index in [1.54, 1.807) is 6.92 Å². The number of ketones is 1. The van der Waals surface area contributed by atoms with E-state index in [0.717, 1.165) is 39.6 Å². The largest absolute Gasteiger partial charge is 0.400 e. The van der Waals surface area contributed by atoms with Crippen molar-refractivity contribution in [2.24, 2.45) is 11.8 Å². The number of likely N-dealkylation sites (tertiary alicyclic amines) is 1. The highest BCUT2D eigenvalue weighted by molar-refractivity contribution is 5.78. The van der Waals surface area contributed by atoms with E-state index in [4.69, 9.17) is 5.11 Å². The van der Waals surface area contributed by atoms with Gasteiger partial charge in [-0.3, -0.25) is 14.7 Å². The van der Waals surface area contributed by atoms with Crippen LogP contribution in [0, 0.1) is 11.8 Å². The Bertz CT molecular complexity index is 763. The number of nitrogens with zero attached hydrogens (tertiary/aromatic N) is 2. The third-order valence-corrected chi connectivity index (χ3v) is 6.23. The summed E-state index contributed by atoms with van der Waals surface area (Å²) < 4.78 is 0. The maximum absolute atomic E-state index is 11.2. The van der Waals surface area contributed by atoms with Crippen LogP contribution < -0.4 is 0 Å². The van der Waals surface area contributed by atoms with Crippen molar-refractivity contribution in [2.45, 2.75) is 65.8 Å². The molecular formula is C29H44N2O2. The molecule has 33 heavy (non-hydrogen) atoms. The molecule has 1 aromatic carbocycles. The van der Waals surface area contributed by atoms with Crippen LogP contribution in [-0.2, 0) is 11.3 Å². The van der Waals surface area contributed by atoms with Crippen LogP contribution in [0.5, 0.6) is 0 Å². The highest BCUT2D eigenvalue weighted by Crippen LogP contribution is 2.29. The third-order valence-electron chi connectivity index (χ3n) is 6.23. The molecule has 2 heterocycles. The monoisotopic (exact) mass is 452 g/mol. The van der Waals surface area contributed by atoms with Crippen LogP contribution in [0.25, 0.3) is 5.57 Å². The molecule has 0 bridgehead atoms. The molecule has 1 N–H and O–H groups in total. The second kappa shape index (κ2) is 17.2. The predicted octanol–water partition coefficient (Wildman–Crippen LogP) is 6.41. The van der Waals surface area contributed by atoms with Crippen molar-refractivity contribution in [1.29, 1.82) is 0 Å². The smallest absolute Gasteiger partial charge is 0.133 e. The molecule has 182 valence electrons. The SMILES string of the molecule is C=C(c1ccccc1)C(CCC)CCC.CC(=O)C1CCN(Cc2ccncc2)CC1.CO. The Hall–Kier alpha value is -2.30. The lowest BCUT2D eigenvalue weighted by atomic mass is 9.87. The van der Waals surface area contributed by atoms with Crippen LogP contribution in [0.1, 0.15) is 70.4 Å². The van der Waals surface area contributed by atoms with Crippen molar-refractivity contribution in [3.63, 3.8) is 0 Å². The van der Waals surface area contributed by atoms with E-state index in [-0.39, 0.29) is 0 Å². The Morgan fingerprint density at radius 1 is 1.03 bits per heavy atom. The second-order valence-electron chi connectivity index (χ2n) is 8.68. The molecule has 4 heteroatoms. The van der Waals surface area contributed by atoms with Gasteiger partial charge in [-0.2, -0.15) is 0 Å². The lowest BCUT2D eigenvalue weighted by Crippen LogP contribution is -2.35. The van der Waals surface area contributed by atoms with Crippen molar-refractivity contribution >= 4 is 11.4 Å². The lowest BCUT2D eigenvalue weighted by Gasteiger charge is -2.30. The van der Waals surface area contributed by atoms with Crippen LogP contribution in [0.3, 0.4) is 0 Å². The first-order valence-corrected chi connectivity index (χ1v) is 12.4. The van der Waals surface area contributed by atoms with Gasteiger partial charge >= 0.3 is 0 Å². The average molecular weight is 453 g/mol. The summed E-state index contributed by atoms with van der Waals surface area (Å²) in [6.45, 7) is 13.5. The Balaban J connectivity index is 0.000000308. The average Bonchev–Trinajstić information content (AvgIpc) is 2.86. The molecule has 1 aliphatic heterocycles. The fraction of sp³-hybridized carbons (Fsp3) is 0.517. The minimum atomic E-state index is 0.300. The van der Waals surface area contributed by atoms with Gasteiger partial charge in [-0.05, 0) is 80.4 Å². The Morgan fingerprint density at radius 3 is 2.06 bits per heavy atom. The first kappa shape index (κ1) is 28.7. The summed E-state index contributed by atoms with van der Waals surface area (Å²) in [5, 5.41) is 7.00. The van der Waals surface area contributed by atoms with Gasteiger partial charge in [0.25, 0.3) is 0 Å². The molecule has 0 aliphatic carbocycles. The van der Waals surface area contributed by atoms with Crippen LogP contribution in [0.15, 0.2) is 61.4 Å². The minimum absolute atomic E-state index is 0.300. The molecule has 1 saturated heterocycles. The normalized spacial score (nSPS) is 14.0. The number of allylic oxidation sites excluding steroid dienone is 1. The molecule has 0 radical (unpaired) electrons. The molecule has 1 aromatic heterocycles. The van der Waals surface area contributed by atoms with Gasteiger partial charge in [-0.25, -0.2) is 0 Å². The van der Waals surface area contributed by atoms with Gasteiger partial charge < -0.3 is 5.11 Å². The van der Waals surface area contributed by atoms with Crippen molar-refractivity contribution in [2.75, 3.05) is 20.2 Å². The number of piperidine rings is 1. The highest BCUT2D eigenvalue weighted by atomic mass is 16.2. The molecule has 0 atom stereocenters. The molecule has 1 fully saturated rings.